The molecule has 3 atom stereocenters. The Balaban J connectivity index is 2.03. The molecule has 0 aromatic carbocycles. The van der Waals surface area contributed by atoms with E-state index in [0.29, 0.717) is 38.9 Å². The molecule has 3 unspecified atom stereocenters. The minimum atomic E-state index is -0.722. The molecular weight excluding hydrogens is 264 g/mol. The maximum absolute atomic E-state index is 12.0. The molecule has 1 saturated heterocycles. The Hall–Kier alpha value is -0.980. The summed E-state index contributed by atoms with van der Waals surface area (Å²) in [6.45, 7) is 1.20. The molecular formula is C14H22O6. The van der Waals surface area contributed by atoms with E-state index in [9.17, 15) is 9.59 Å². The standard InChI is InChI=1S/C14H22O6/c1-17-11-5-4-10(15)13(14(16)18-2)9(11)3-6-12-19-7-8-20-12/h9,11-13H,3-8H2,1-2H3. The fourth-order valence-electron chi connectivity index (χ4n) is 3.09. The molecule has 0 spiro atoms. The van der Waals surface area contributed by atoms with Gasteiger partial charge in [0.25, 0.3) is 0 Å². The molecule has 6 heteroatoms. The fraction of sp³-hybridized carbons (Fsp3) is 0.857. The summed E-state index contributed by atoms with van der Waals surface area (Å²) in [4.78, 5) is 23.9. The second-order valence-electron chi connectivity index (χ2n) is 5.19. The molecule has 20 heavy (non-hydrogen) atoms. The summed E-state index contributed by atoms with van der Waals surface area (Å²) in [5, 5.41) is 0. The van der Waals surface area contributed by atoms with Gasteiger partial charge in [0, 0.05) is 19.4 Å². The van der Waals surface area contributed by atoms with E-state index >= 15 is 0 Å². The average Bonchev–Trinajstić information content (AvgIpc) is 2.97. The normalized spacial score (nSPS) is 31.5. The smallest absolute Gasteiger partial charge is 0.316 e. The van der Waals surface area contributed by atoms with Crippen molar-refractivity contribution in [3.8, 4) is 0 Å². The zero-order chi connectivity index (χ0) is 14.5. The van der Waals surface area contributed by atoms with Crippen LogP contribution in [0.3, 0.4) is 0 Å². The first-order valence-corrected chi connectivity index (χ1v) is 7.04. The molecule has 6 nitrogen and oxygen atoms in total. The number of carbonyl (C=O) groups excluding carboxylic acids is 2. The Morgan fingerprint density at radius 2 is 1.95 bits per heavy atom. The van der Waals surface area contributed by atoms with Crippen LogP contribution in [0.25, 0.3) is 0 Å². The van der Waals surface area contributed by atoms with E-state index in [1.54, 1.807) is 7.11 Å². The highest BCUT2D eigenvalue weighted by molar-refractivity contribution is 5.99. The van der Waals surface area contributed by atoms with Gasteiger partial charge in [-0.25, -0.2) is 0 Å². The minimum absolute atomic E-state index is 0.0524. The van der Waals surface area contributed by atoms with E-state index in [2.05, 4.69) is 0 Å². The lowest BCUT2D eigenvalue weighted by molar-refractivity contribution is -0.158. The lowest BCUT2D eigenvalue weighted by Gasteiger charge is -2.35. The Morgan fingerprint density at radius 3 is 2.55 bits per heavy atom. The minimum Gasteiger partial charge on any atom is -0.468 e. The lowest BCUT2D eigenvalue weighted by atomic mass is 9.74. The molecule has 0 radical (unpaired) electrons. The quantitative estimate of drug-likeness (QED) is 0.553. The third kappa shape index (κ3) is 3.37. The highest BCUT2D eigenvalue weighted by atomic mass is 16.7. The van der Waals surface area contributed by atoms with Crippen molar-refractivity contribution >= 4 is 11.8 Å². The maximum Gasteiger partial charge on any atom is 0.316 e. The zero-order valence-corrected chi connectivity index (χ0v) is 12.0. The van der Waals surface area contributed by atoms with Gasteiger partial charge in [-0.1, -0.05) is 0 Å². The molecule has 114 valence electrons. The van der Waals surface area contributed by atoms with Crippen LogP contribution in [0.5, 0.6) is 0 Å². The van der Waals surface area contributed by atoms with Crippen LogP contribution < -0.4 is 0 Å². The second-order valence-corrected chi connectivity index (χ2v) is 5.19. The van der Waals surface area contributed by atoms with Crippen LogP contribution >= 0.6 is 0 Å². The SMILES string of the molecule is COC(=O)C1C(=O)CCC(OC)C1CCC1OCCO1. The molecule has 1 heterocycles. The average molecular weight is 286 g/mol. The maximum atomic E-state index is 12.0. The van der Waals surface area contributed by atoms with E-state index in [1.165, 1.54) is 7.11 Å². The molecule has 2 fully saturated rings. The molecule has 2 aliphatic rings. The van der Waals surface area contributed by atoms with E-state index in [4.69, 9.17) is 18.9 Å². The Kier molecular flexibility index (Phi) is 5.51. The van der Waals surface area contributed by atoms with Gasteiger partial charge < -0.3 is 18.9 Å². The molecule has 1 aliphatic heterocycles. The van der Waals surface area contributed by atoms with Crippen molar-refractivity contribution in [3.63, 3.8) is 0 Å². The number of Topliss-reactive ketones (excluding diaryl/α,β-unsaturated/α-hetero) is 1. The fourth-order valence-corrected chi connectivity index (χ4v) is 3.09. The van der Waals surface area contributed by atoms with E-state index < -0.39 is 11.9 Å². The number of carbonyl (C=O) groups is 2. The molecule has 0 N–H and O–H groups in total. The van der Waals surface area contributed by atoms with Crippen LogP contribution in [0, 0.1) is 11.8 Å². The number of hydrogen-bond acceptors (Lipinski definition) is 6. The van der Waals surface area contributed by atoms with Crippen molar-refractivity contribution in [1.82, 2.24) is 0 Å². The van der Waals surface area contributed by atoms with Crippen LogP contribution in [0.1, 0.15) is 25.7 Å². The van der Waals surface area contributed by atoms with Crippen molar-refractivity contribution < 1.29 is 28.5 Å². The number of ketones is 1. The van der Waals surface area contributed by atoms with E-state index in [-0.39, 0.29) is 24.1 Å². The van der Waals surface area contributed by atoms with E-state index in [0.717, 1.165) is 0 Å². The first kappa shape index (κ1) is 15.4. The van der Waals surface area contributed by atoms with Crippen molar-refractivity contribution in [3.05, 3.63) is 0 Å². The molecule has 1 aliphatic carbocycles. The number of rotatable bonds is 5. The van der Waals surface area contributed by atoms with Crippen molar-refractivity contribution in [1.29, 1.82) is 0 Å². The van der Waals surface area contributed by atoms with Crippen LogP contribution in [-0.4, -0.2) is 51.6 Å². The summed E-state index contributed by atoms with van der Waals surface area (Å²) >= 11 is 0. The second kappa shape index (κ2) is 7.15. The van der Waals surface area contributed by atoms with E-state index in [1.807, 2.05) is 0 Å². The summed E-state index contributed by atoms with van der Waals surface area (Å²) in [6, 6.07) is 0. The largest absolute Gasteiger partial charge is 0.468 e. The molecule has 1 saturated carbocycles. The zero-order valence-electron chi connectivity index (χ0n) is 12.0. The monoisotopic (exact) mass is 286 g/mol. The van der Waals surface area contributed by atoms with Gasteiger partial charge >= 0.3 is 5.97 Å². The first-order valence-electron chi connectivity index (χ1n) is 7.04. The van der Waals surface area contributed by atoms with Crippen LogP contribution in [-0.2, 0) is 28.5 Å². The van der Waals surface area contributed by atoms with Gasteiger partial charge in [-0.05, 0) is 19.3 Å². The predicted molar refractivity (Wildman–Crippen MR) is 69.0 cm³/mol. The summed E-state index contributed by atoms with van der Waals surface area (Å²) < 4.78 is 21.0. The van der Waals surface area contributed by atoms with Gasteiger partial charge in [-0.2, -0.15) is 0 Å². The Bertz CT molecular complexity index is 342. The van der Waals surface area contributed by atoms with Crippen molar-refractivity contribution in [2.45, 2.75) is 38.1 Å². The molecule has 0 aromatic rings. The predicted octanol–water partition coefficient (Wildman–Crippen LogP) is 0.923. The Labute approximate surface area is 118 Å². The topological polar surface area (TPSA) is 71.1 Å². The van der Waals surface area contributed by atoms with Crippen molar-refractivity contribution in [2.75, 3.05) is 27.4 Å². The van der Waals surface area contributed by atoms with Gasteiger partial charge in [0.05, 0.1) is 26.4 Å². The van der Waals surface area contributed by atoms with Gasteiger partial charge in [-0.15, -0.1) is 0 Å². The molecule has 2 rings (SSSR count). The Morgan fingerprint density at radius 1 is 1.25 bits per heavy atom. The van der Waals surface area contributed by atoms with Crippen molar-refractivity contribution in [2.24, 2.45) is 11.8 Å². The first-order chi connectivity index (χ1) is 9.67. The highest BCUT2D eigenvalue weighted by Gasteiger charge is 2.43. The van der Waals surface area contributed by atoms with Gasteiger partial charge in [-0.3, -0.25) is 9.59 Å². The number of ether oxygens (including phenoxy) is 4. The lowest BCUT2D eigenvalue weighted by Crippen LogP contribution is -2.44. The van der Waals surface area contributed by atoms with Gasteiger partial charge in [0.1, 0.15) is 11.7 Å². The molecule has 0 bridgehead atoms. The number of hydrogen-bond donors (Lipinski definition) is 0. The summed E-state index contributed by atoms with van der Waals surface area (Å²) in [5.41, 5.74) is 0. The summed E-state index contributed by atoms with van der Waals surface area (Å²) in [5.74, 6) is -1.40. The number of esters is 1. The highest BCUT2D eigenvalue weighted by Crippen LogP contribution is 2.34. The summed E-state index contributed by atoms with van der Waals surface area (Å²) in [6.07, 6.45) is 1.99. The molecule has 0 amide bonds. The number of methoxy groups -OCH3 is 2. The summed E-state index contributed by atoms with van der Waals surface area (Å²) in [7, 11) is 2.93. The third-order valence-corrected chi connectivity index (χ3v) is 4.11. The van der Waals surface area contributed by atoms with Crippen LogP contribution in [0.15, 0.2) is 0 Å². The van der Waals surface area contributed by atoms with Crippen LogP contribution in [0.4, 0.5) is 0 Å². The van der Waals surface area contributed by atoms with Crippen LogP contribution in [0.2, 0.25) is 0 Å². The van der Waals surface area contributed by atoms with Gasteiger partial charge in [0.2, 0.25) is 0 Å². The molecule has 0 aromatic heterocycles. The van der Waals surface area contributed by atoms with Gasteiger partial charge in [0.15, 0.2) is 6.29 Å². The third-order valence-electron chi connectivity index (χ3n) is 4.11.